The number of hydrogen-bond acceptors (Lipinski definition) is 4. The number of likely N-dealkylation sites (tertiary alicyclic amines) is 1. The molecule has 2 fully saturated rings. The number of nitrogens with zero attached hydrogens (tertiary/aromatic N) is 1. The number of hydrogen-bond donors (Lipinski definition) is 1. The van der Waals surface area contributed by atoms with Crippen LogP contribution < -0.4 is 10.1 Å². The van der Waals surface area contributed by atoms with Crippen molar-refractivity contribution in [3.05, 3.63) is 29.3 Å². The number of rotatable bonds is 3. The summed E-state index contributed by atoms with van der Waals surface area (Å²) in [5, 5.41) is 2.79. The molecule has 1 aromatic rings. The largest absolute Gasteiger partial charge is 0.493 e. The summed E-state index contributed by atoms with van der Waals surface area (Å²) in [5.74, 6) is 1.13. The Morgan fingerprint density at radius 1 is 1.36 bits per heavy atom. The quantitative estimate of drug-likeness (QED) is 0.880. The SMILES string of the molecule is CNC(=O)[C@]12CCOC[C@H]1CN(C(=O)Cc1ccc3c(c1)CCO3)C2. The Morgan fingerprint density at radius 2 is 2.24 bits per heavy atom. The Balaban J connectivity index is 1.48. The zero-order valence-electron chi connectivity index (χ0n) is 14.5. The van der Waals surface area contributed by atoms with Crippen molar-refractivity contribution in [1.29, 1.82) is 0 Å². The van der Waals surface area contributed by atoms with Gasteiger partial charge in [-0.3, -0.25) is 9.59 Å². The molecule has 4 rings (SSSR count). The van der Waals surface area contributed by atoms with E-state index in [4.69, 9.17) is 9.47 Å². The lowest BCUT2D eigenvalue weighted by atomic mass is 9.73. The number of nitrogens with one attached hydrogen (secondary N) is 1. The third-order valence-corrected chi connectivity index (χ3v) is 5.85. The van der Waals surface area contributed by atoms with Crippen molar-refractivity contribution in [2.24, 2.45) is 11.3 Å². The summed E-state index contributed by atoms with van der Waals surface area (Å²) in [4.78, 5) is 27.2. The molecular formula is C19H24N2O4. The van der Waals surface area contributed by atoms with Crippen molar-refractivity contribution in [2.45, 2.75) is 19.3 Å². The van der Waals surface area contributed by atoms with Gasteiger partial charge in [-0.25, -0.2) is 0 Å². The van der Waals surface area contributed by atoms with Gasteiger partial charge in [-0.1, -0.05) is 12.1 Å². The summed E-state index contributed by atoms with van der Waals surface area (Å²) < 4.78 is 11.1. The molecule has 2 atom stereocenters. The molecule has 0 bridgehead atoms. The highest BCUT2D eigenvalue weighted by Gasteiger charge is 2.54. The molecule has 0 unspecified atom stereocenters. The number of carbonyl (C=O) groups excluding carboxylic acids is 2. The average molecular weight is 344 g/mol. The van der Waals surface area contributed by atoms with Crippen LogP contribution in [0, 0.1) is 11.3 Å². The minimum absolute atomic E-state index is 0.0331. The lowest BCUT2D eigenvalue weighted by Gasteiger charge is -2.36. The molecule has 1 N–H and O–H groups in total. The monoisotopic (exact) mass is 344 g/mol. The number of benzene rings is 1. The minimum Gasteiger partial charge on any atom is -0.493 e. The average Bonchev–Trinajstić information content (AvgIpc) is 3.25. The van der Waals surface area contributed by atoms with Gasteiger partial charge < -0.3 is 19.7 Å². The highest BCUT2D eigenvalue weighted by molar-refractivity contribution is 5.86. The van der Waals surface area contributed by atoms with Crippen LogP contribution in [-0.2, 0) is 27.2 Å². The Labute approximate surface area is 147 Å². The normalized spacial score (nSPS) is 27.4. The number of amides is 2. The minimum atomic E-state index is -0.492. The van der Waals surface area contributed by atoms with E-state index in [-0.39, 0.29) is 17.7 Å². The summed E-state index contributed by atoms with van der Waals surface area (Å²) in [6.07, 6.45) is 1.95. The van der Waals surface area contributed by atoms with Crippen LogP contribution in [-0.4, -0.2) is 56.7 Å². The molecule has 3 aliphatic rings. The molecule has 0 saturated carbocycles. The van der Waals surface area contributed by atoms with Crippen LogP contribution >= 0.6 is 0 Å². The molecule has 3 aliphatic heterocycles. The maximum Gasteiger partial charge on any atom is 0.228 e. The second kappa shape index (κ2) is 6.33. The fourth-order valence-corrected chi connectivity index (χ4v) is 4.40. The van der Waals surface area contributed by atoms with Crippen molar-refractivity contribution in [2.75, 3.05) is 40.0 Å². The molecule has 0 spiro atoms. The molecule has 0 aliphatic carbocycles. The fraction of sp³-hybridized carbons (Fsp3) is 0.579. The highest BCUT2D eigenvalue weighted by atomic mass is 16.5. The summed E-state index contributed by atoms with van der Waals surface area (Å²) in [6, 6.07) is 5.98. The lowest BCUT2D eigenvalue weighted by molar-refractivity contribution is -0.139. The van der Waals surface area contributed by atoms with Crippen LogP contribution in [0.25, 0.3) is 0 Å². The van der Waals surface area contributed by atoms with E-state index in [0.717, 1.165) is 24.3 Å². The van der Waals surface area contributed by atoms with Gasteiger partial charge in [0.2, 0.25) is 11.8 Å². The third kappa shape index (κ3) is 2.78. The van der Waals surface area contributed by atoms with E-state index < -0.39 is 5.41 Å². The van der Waals surface area contributed by atoms with E-state index in [1.54, 1.807) is 7.05 Å². The predicted molar refractivity (Wildman–Crippen MR) is 91.4 cm³/mol. The van der Waals surface area contributed by atoms with Crippen molar-refractivity contribution >= 4 is 11.8 Å². The van der Waals surface area contributed by atoms with Crippen LogP contribution in [0.2, 0.25) is 0 Å². The second-order valence-electron chi connectivity index (χ2n) is 7.25. The first-order valence-corrected chi connectivity index (χ1v) is 8.95. The van der Waals surface area contributed by atoms with Gasteiger partial charge in [0.05, 0.1) is 25.0 Å². The summed E-state index contributed by atoms with van der Waals surface area (Å²) in [5.41, 5.74) is 1.69. The topological polar surface area (TPSA) is 67.9 Å². The fourth-order valence-electron chi connectivity index (χ4n) is 4.40. The number of carbonyl (C=O) groups is 2. The van der Waals surface area contributed by atoms with E-state index in [1.165, 1.54) is 5.56 Å². The van der Waals surface area contributed by atoms with Gasteiger partial charge in [0, 0.05) is 39.1 Å². The smallest absolute Gasteiger partial charge is 0.228 e. The summed E-state index contributed by atoms with van der Waals surface area (Å²) in [7, 11) is 1.67. The summed E-state index contributed by atoms with van der Waals surface area (Å²) in [6.45, 7) is 2.94. The molecule has 134 valence electrons. The van der Waals surface area contributed by atoms with Crippen LogP contribution in [0.3, 0.4) is 0 Å². The van der Waals surface area contributed by atoms with Crippen molar-refractivity contribution in [3.8, 4) is 5.75 Å². The molecule has 0 aromatic heterocycles. The van der Waals surface area contributed by atoms with Crippen LogP contribution in [0.15, 0.2) is 18.2 Å². The zero-order chi connectivity index (χ0) is 17.4. The highest BCUT2D eigenvalue weighted by Crippen LogP contribution is 2.42. The van der Waals surface area contributed by atoms with E-state index >= 15 is 0 Å². The first-order chi connectivity index (χ1) is 12.1. The van der Waals surface area contributed by atoms with Gasteiger partial charge in [-0.05, 0) is 23.6 Å². The van der Waals surface area contributed by atoms with Crippen molar-refractivity contribution < 1.29 is 19.1 Å². The predicted octanol–water partition coefficient (Wildman–Crippen LogP) is 0.775. The number of ether oxygens (including phenoxy) is 2. The Hall–Kier alpha value is -2.08. The lowest BCUT2D eigenvalue weighted by Crippen LogP contribution is -2.49. The van der Waals surface area contributed by atoms with Gasteiger partial charge in [0.15, 0.2) is 0 Å². The van der Waals surface area contributed by atoms with E-state index in [1.807, 2.05) is 17.0 Å². The first kappa shape index (κ1) is 16.4. The molecule has 6 heteroatoms. The van der Waals surface area contributed by atoms with E-state index in [2.05, 4.69) is 11.4 Å². The van der Waals surface area contributed by atoms with E-state index in [9.17, 15) is 9.59 Å². The third-order valence-electron chi connectivity index (χ3n) is 5.85. The van der Waals surface area contributed by atoms with Crippen LogP contribution in [0.1, 0.15) is 17.5 Å². The standard InChI is InChI=1S/C19H24N2O4/c1-20-18(23)19-5-7-24-11-15(19)10-21(12-19)17(22)9-13-2-3-16-14(8-13)4-6-25-16/h2-3,8,15H,4-7,9-12H2,1H3,(H,20,23)/t15-,19+/m1/s1. The molecule has 1 aromatic carbocycles. The molecule has 2 saturated heterocycles. The maximum absolute atomic E-state index is 12.8. The van der Waals surface area contributed by atoms with Crippen LogP contribution in [0.4, 0.5) is 0 Å². The molecule has 3 heterocycles. The van der Waals surface area contributed by atoms with Crippen molar-refractivity contribution in [3.63, 3.8) is 0 Å². The maximum atomic E-state index is 12.8. The van der Waals surface area contributed by atoms with Gasteiger partial charge in [0.25, 0.3) is 0 Å². The van der Waals surface area contributed by atoms with Gasteiger partial charge in [-0.2, -0.15) is 0 Å². The van der Waals surface area contributed by atoms with Gasteiger partial charge in [-0.15, -0.1) is 0 Å². The molecule has 0 radical (unpaired) electrons. The number of fused-ring (bicyclic) bond motifs is 2. The van der Waals surface area contributed by atoms with Gasteiger partial charge >= 0.3 is 0 Å². The molecule has 6 nitrogen and oxygen atoms in total. The Morgan fingerprint density at radius 3 is 3.08 bits per heavy atom. The molecule has 25 heavy (non-hydrogen) atoms. The zero-order valence-corrected chi connectivity index (χ0v) is 14.5. The van der Waals surface area contributed by atoms with Crippen molar-refractivity contribution in [1.82, 2.24) is 10.2 Å². The van der Waals surface area contributed by atoms with E-state index in [0.29, 0.717) is 39.1 Å². The Bertz CT molecular complexity index is 705. The molecule has 2 amide bonds. The van der Waals surface area contributed by atoms with Crippen LogP contribution in [0.5, 0.6) is 5.75 Å². The first-order valence-electron chi connectivity index (χ1n) is 8.95. The molecular weight excluding hydrogens is 320 g/mol. The Kier molecular flexibility index (Phi) is 4.15. The summed E-state index contributed by atoms with van der Waals surface area (Å²) >= 11 is 0. The van der Waals surface area contributed by atoms with Gasteiger partial charge in [0.1, 0.15) is 5.75 Å². The second-order valence-corrected chi connectivity index (χ2v) is 7.25.